The molecule has 0 atom stereocenters. The minimum atomic E-state index is 0.148. The third-order valence-corrected chi connectivity index (χ3v) is 6.04. The third-order valence-electron chi connectivity index (χ3n) is 6.04. The van der Waals surface area contributed by atoms with Gasteiger partial charge < -0.3 is 14.2 Å². The molecule has 164 valence electrons. The molecule has 1 aromatic carbocycles. The number of piperidine rings is 1. The number of nitrogens with zero attached hydrogens (tertiary/aromatic N) is 6. The van der Waals surface area contributed by atoms with Crippen LogP contribution in [-0.4, -0.2) is 62.2 Å². The molecule has 0 N–H and O–H groups in total. The van der Waals surface area contributed by atoms with Crippen LogP contribution in [0.15, 0.2) is 47.0 Å². The van der Waals surface area contributed by atoms with E-state index < -0.39 is 0 Å². The van der Waals surface area contributed by atoms with E-state index in [-0.39, 0.29) is 6.03 Å². The maximum absolute atomic E-state index is 12.8. The van der Waals surface area contributed by atoms with Crippen molar-refractivity contribution in [2.75, 3.05) is 26.2 Å². The van der Waals surface area contributed by atoms with Crippen LogP contribution in [0.2, 0.25) is 0 Å². The number of likely N-dealkylation sites (tertiary alicyclic amines) is 1. The van der Waals surface area contributed by atoms with Gasteiger partial charge in [-0.15, -0.1) is 10.2 Å². The van der Waals surface area contributed by atoms with E-state index in [0.717, 1.165) is 54.9 Å². The molecule has 8 nitrogen and oxygen atoms in total. The Morgan fingerprint density at radius 2 is 1.75 bits per heavy atom. The van der Waals surface area contributed by atoms with Crippen molar-refractivity contribution in [3.05, 3.63) is 54.0 Å². The van der Waals surface area contributed by atoms with E-state index in [1.165, 1.54) is 6.42 Å². The van der Waals surface area contributed by atoms with E-state index in [0.29, 0.717) is 30.6 Å². The number of rotatable bonds is 3. The lowest BCUT2D eigenvalue weighted by Gasteiger charge is -2.34. The van der Waals surface area contributed by atoms with Crippen LogP contribution in [0.4, 0.5) is 4.79 Å². The van der Waals surface area contributed by atoms with E-state index in [2.05, 4.69) is 21.3 Å². The fourth-order valence-corrected chi connectivity index (χ4v) is 4.18. The molecule has 4 heterocycles. The van der Waals surface area contributed by atoms with Crippen LogP contribution >= 0.6 is 0 Å². The standard InChI is InChI=1S/C24H26N6O2/c1-17-21(23-28-27-22(32-23)19-8-4-2-5-9-19)26-20(16-25-17)18-10-14-30(15-11-18)24(31)29-12-6-3-7-13-29/h2,4-5,8-10,16H,3,6-7,11-15H2,1H3. The molecule has 8 heteroatoms. The van der Waals surface area contributed by atoms with Gasteiger partial charge in [0.1, 0.15) is 5.69 Å². The second kappa shape index (κ2) is 8.90. The fraction of sp³-hybridized carbons (Fsp3) is 0.375. The van der Waals surface area contributed by atoms with Crippen LogP contribution in [-0.2, 0) is 0 Å². The normalized spacial score (nSPS) is 16.7. The van der Waals surface area contributed by atoms with Gasteiger partial charge in [-0.05, 0) is 50.3 Å². The van der Waals surface area contributed by atoms with Gasteiger partial charge >= 0.3 is 6.03 Å². The minimum Gasteiger partial charge on any atom is -0.415 e. The molecule has 1 fully saturated rings. The van der Waals surface area contributed by atoms with Crippen molar-refractivity contribution in [1.29, 1.82) is 0 Å². The Morgan fingerprint density at radius 1 is 0.969 bits per heavy atom. The summed E-state index contributed by atoms with van der Waals surface area (Å²) in [6.45, 7) is 4.90. The Labute approximate surface area is 187 Å². The summed E-state index contributed by atoms with van der Waals surface area (Å²) in [4.78, 5) is 26.0. The van der Waals surface area contributed by atoms with E-state index in [1.54, 1.807) is 6.20 Å². The molecule has 0 spiro atoms. The zero-order valence-electron chi connectivity index (χ0n) is 18.2. The fourth-order valence-electron chi connectivity index (χ4n) is 4.18. The van der Waals surface area contributed by atoms with E-state index in [9.17, 15) is 4.79 Å². The summed E-state index contributed by atoms with van der Waals surface area (Å²) < 4.78 is 5.89. The summed E-state index contributed by atoms with van der Waals surface area (Å²) in [6.07, 6.45) is 8.03. The maximum atomic E-state index is 12.8. The molecule has 3 aromatic rings. The molecule has 0 saturated carbocycles. The first kappa shape index (κ1) is 20.4. The summed E-state index contributed by atoms with van der Waals surface area (Å²) >= 11 is 0. The van der Waals surface area contributed by atoms with Crippen LogP contribution in [0.5, 0.6) is 0 Å². The maximum Gasteiger partial charge on any atom is 0.320 e. The monoisotopic (exact) mass is 430 g/mol. The van der Waals surface area contributed by atoms with Gasteiger partial charge in [0.05, 0.1) is 17.6 Å². The number of urea groups is 1. The quantitative estimate of drug-likeness (QED) is 0.619. The van der Waals surface area contributed by atoms with Crippen molar-refractivity contribution >= 4 is 11.6 Å². The van der Waals surface area contributed by atoms with Crippen LogP contribution in [0.3, 0.4) is 0 Å². The summed E-state index contributed by atoms with van der Waals surface area (Å²) in [5.74, 6) is 0.810. The Hall–Kier alpha value is -3.55. The predicted molar refractivity (Wildman–Crippen MR) is 120 cm³/mol. The van der Waals surface area contributed by atoms with Gasteiger partial charge in [-0.25, -0.2) is 9.78 Å². The molecule has 0 aliphatic carbocycles. The van der Waals surface area contributed by atoms with Crippen LogP contribution in [0.25, 0.3) is 28.6 Å². The Kier molecular flexibility index (Phi) is 5.66. The number of aromatic nitrogens is 4. The lowest BCUT2D eigenvalue weighted by molar-refractivity contribution is 0.147. The van der Waals surface area contributed by atoms with E-state index >= 15 is 0 Å². The molecule has 32 heavy (non-hydrogen) atoms. The van der Waals surface area contributed by atoms with Crippen molar-refractivity contribution in [3.63, 3.8) is 0 Å². The summed E-state index contributed by atoms with van der Waals surface area (Å²) in [5.41, 5.74) is 4.06. The highest BCUT2D eigenvalue weighted by atomic mass is 16.4. The highest BCUT2D eigenvalue weighted by molar-refractivity contribution is 5.76. The number of carbonyl (C=O) groups is 1. The van der Waals surface area contributed by atoms with Gasteiger partial charge in [0, 0.05) is 31.7 Å². The van der Waals surface area contributed by atoms with Crippen molar-refractivity contribution in [2.45, 2.75) is 32.6 Å². The van der Waals surface area contributed by atoms with Gasteiger partial charge in [0.2, 0.25) is 5.89 Å². The van der Waals surface area contributed by atoms with Crippen molar-refractivity contribution in [2.24, 2.45) is 0 Å². The second-order valence-corrected chi connectivity index (χ2v) is 8.22. The molecule has 5 rings (SSSR count). The van der Waals surface area contributed by atoms with Crippen LogP contribution in [0, 0.1) is 6.92 Å². The summed E-state index contributed by atoms with van der Waals surface area (Å²) in [5, 5.41) is 8.37. The zero-order valence-corrected chi connectivity index (χ0v) is 18.2. The summed E-state index contributed by atoms with van der Waals surface area (Å²) in [7, 11) is 0. The Balaban J connectivity index is 1.34. The molecule has 2 amide bonds. The Morgan fingerprint density at radius 3 is 2.50 bits per heavy atom. The van der Waals surface area contributed by atoms with Gasteiger partial charge in [0.15, 0.2) is 0 Å². The molecule has 2 aliphatic heterocycles. The highest BCUT2D eigenvalue weighted by Gasteiger charge is 2.25. The van der Waals surface area contributed by atoms with E-state index in [1.807, 2.05) is 47.1 Å². The smallest absolute Gasteiger partial charge is 0.320 e. The number of aryl methyl sites for hydroxylation is 1. The number of hydrogen-bond donors (Lipinski definition) is 0. The molecule has 0 radical (unpaired) electrons. The second-order valence-electron chi connectivity index (χ2n) is 8.22. The molecule has 2 aromatic heterocycles. The lowest BCUT2D eigenvalue weighted by Crippen LogP contribution is -2.46. The van der Waals surface area contributed by atoms with Crippen molar-refractivity contribution < 1.29 is 9.21 Å². The van der Waals surface area contributed by atoms with Gasteiger partial charge in [0.25, 0.3) is 5.89 Å². The van der Waals surface area contributed by atoms with Crippen LogP contribution in [0.1, 0.15) is 37.1 Å². The average Bonchev–Trinajstić information content (AvgIpc) is 3.35. The Bertz CT molecular complexity index is 1130. The summed E-state index contributed by atoms with van der Waals surface area (Å²) in [6, 6.07) is 9.81. The van der Waals surface area contributed by atoms with Crippen molar-refractivity contribution in [1.82, 2.24) is 30.0 Å². The average molecular weight is 431 g/mol. The first-order valence-corrected chi connectivity index (χ1v) is 11.2. The lowest BCUT2D eigenvalue weighted by atomic mass is 10.0. The third kappa shape index (κ3) is 4.12. The number of carbonyl (C=O) groups excluding carboxylic acids is 1. The van der Waals surface area contributed by atoms with Gasteiger partial charge in [-0.2, -0.15) is 0 Å². The van der Waals surface area contributed by atoms with E-state index in [4.69, 9.17) is 9.40 Å². The van der Waals surface area contributed by atoms with Gasteiger partial charge in [-0.3, -0.25) is 4.98 Å². The predicted octanol–water partition coefficient (Wildman–Crippen LogP) is 4.20. The molecule has 0 bridgehead atoms. The number of benzene rings is 1. The van der Waals surface area contributed by atoms with Crippen molar-refractivity contribution in [3.8, 4) is 23.0 Å². The SMILES string of the molecule is Cc1ncc(C2=CCN(C(=O)N3CCCCC3)CC2)nc1-c1nnc(-c2ccccc2)o1. The molecular formula is C24H26N6O2. The molecule has 0 unspecified atom stereocenters. The topological polar surface area (TPSA) is 88.3 Å². The largest absolute Gasteiger partial charge is 0.415 e. The molecule has 2 aliphatic rings. The molecular weight excluding hydrogens is 404 g/mol. The number of hydrogen-bond acceptors (Lipinski definition) is 6. The first-order chi connectivity index (χ1) is 15.7. The first-order valence-electron chi connectivity index (χ1n) is 11.2. The van der Waals surface area contributed by atoms with Gasteiger partial charge in [-0.1, -0.05) is 24.3 Å². The minimum absolute atomic E-state index is 0.148. The zero-order chi connectivity index (χ0) is 21.9. The van der Waals surface area contributed by atoms with Crippen LogP contribution < -0.4 is 0 Å². The molecule has 1 saturated heterocycles. The highest BCUT2D eigenvalue weighted by Crippen LogP contribution is 2.27. The number of amides is 2.